The summed E-state index contributed by atoms with van der Waals surface area (Å²) >= 11 is 0. The number of ether oxygens (including phenoxy) is 1. The Morgan fingerprint density at radius 2 is 2.11 bits per heavy atom. The molecule has 0 bridgehead atoms. The molecule has 98 valence electrons. The largest absolute Gasteiger partial charge is 0.493 e. The van der Waals surface area contributed by atoms with Gasteiger partial charge in [-0.3, -0.25) is 4.68 Å². The number of benzene rings is 1. The van der Waals surface area contributed by atoms with Crippen molar-refractivity contribution in [3.05, 3.63) is 36.7 Å². The molecule has 0 amide bonds. The number of nitrogens with zero attached hydrogens (tertiary/aromatic N) is 2. The summed E-state index contributed by atoms with van der Waals surface area (Å²) in [5.74, 6) is 0.891. The summed E-state index contributed by atoms with van der Waals surface area (Å²) in [7, 11) is 0. The fourth-order valence-corrected chi connectivity index (χ4v) is 1.74. The van der Waals surface area contributed by atoms with E-state index in [-0.39, 0.29) is 12.4 Å². The minimum absolute atomic E-state index is 0. The number of hydrogen-bond acceptors (Lipinski definition) is 3. The average molecular weight is 268 g/mol. The fourth-order valence-electron chi connectivity index (χ4n) is 1.74. The Bertz CT molecular complexity index is 485. The van der Waals surface area contributed by atoms with Crippen molar-refractivity contribution in [1.29, 1.82) is 0 Å². The molecule has 0 atom stereocenters. The van der Waals surface area contributed by atoms with E-state index >= 15 is 0 Å². The van der Waals surface area contributed by atoms with Crippen LogP contribution in [0.25, 0.3) is 11.1 Å². The second-order valence-electron chi connectivity index (χ2n) is 3.71. The number of aromatic nitrogens is 2. The van der Waals surface area contributed by atoms with Gasteiger partial charge in [0.15, 0.2) is 0 Å². The van der Waals surface area contributed by atoms with Crippen LogP contribution in [0.4, 0.5) is 0 Å². The monoisotopic (exact) mass is 267 g/mol. The van der Waals surface area contributed by atoms with E-state index in [1.54, 1.807) is 0 Å². The van der Waals surface area contributed by atoms with Crippen LogP contribution in [0, 0.1) is 0 Å². The van der Waals surface area contributed by atoms with Gasteiger partial charge in [-0.05, 0) is 13.0 Å². The molecule has 0 fully saturated rings. The molecule has 0 radical (unpaired) electrons. The maximum atomic E-state index is 5.60. The van der Waals surface area contributed by atoms with Gasteiger partial charge in [0.25, 0.3) is 0 Å². The van der Waals surface area contributed by atoms with Crippen molar-refractivity contribution >= 4 is 12.4 Å². The Morgan fingerprint density at radius 1 is 1.33 bits per heavy atom. The molecule has 1 aromatic carbocycles. The minimum atomic E-state index is 0. The summed E-state index contributed by atoms with van der Waals surface area (Å²) in [5.41, 5.74) is 7.63. The zero-order valence-corrected chi connectivity index (χ0v) is 11.2. The van der Waals surface area contributed by atoms with E-state index in [4.69, 9.17) is 10.5 Å². The molecule has 0 aliphatic carbocycles. The molecular formula is C13H18ClN3O. The molecular weight excluding hydrogens is 250 g/mol. The second-order valence-corrected chi connectivity index (χ2v) is 3.71. The first-order chi connectivity index (χ1) is 8.35. The molecule has 0 saturated carbocycles. The average Bonchev–Trinajstić information content (AvgIpc) is 2.79. The van der Waals surface area contributed by atoms with Crippen LogP contribution in [-0.4, -0.2) is 22.9 Å². The van der Waals surface area contributed by atoms with Gasteiger partial charge in [0.1, 0.15) is 5.75 Å². The zero-order valence-electron chi connectivity index (χ0n) is 10.4. The van der Waals surface area contributed by atoms with Crippen LogP contribution in [0.5, 0.6) is 5.75 Å². The first kappa shape index (κ1) is 14.5. The molecule has 0 unspecified atom stereocenters. The fraction of sp³-hybridized carbons (Fsp3) is 0.308. The van der Waals surface area contributed by atoms with Crippen molar-refractivity contribution in [3.8, 4) is 16.9 Å². The molecule has 2 aromatic rings. The molecule has 4 nitrogen and oxygen atoms in total. The van der Waals surface area contributed by atoms with Crippen molar-refractivity contribution < 1.29 is 4.74 Å². The molecule has 2 N–H and O–H groups in total. The van der Waals surface area contributed by atoms with E-state index < -0.39 is 0 Å². The Kier molecular flexibility index (Phi) is 5.68. The molecule has 0 spiro atoms. The molecule has 5 heteroatoms. The molecule has 0 saturated heterocycles. The zero-order chi connectivity index (χ0) is 12.1. The lowest BCUT2D eigenvalue weighted by molar-refractivity contribution is 0.341. The van der Waals surface area contributed by atoms with Gasteiger partial charge >= 0.3 is 0 Å². The van der Waals surface area contributed by atoms with E-state index in [9.17, 15) is 0 Å². The number of hydrogen-bond donors (Lipinski definition) is 1. The first-order valence-corrected chi connectivity index (χ1v) is 5.80. The number of para-hydroxylation sites is 1. The quantitative estimate of drug-likeness (QED) is 0.905. The smallest absolute Gasteiger partial charge is 0.127 e. The molecule has 1 aromatic heterocycles. The van der Waals surface area contributed by atoms with Gasteiger partial charge in [-0.2, -0.15) is 5.10 Å². The summed E-state index contributed by atoms with van der Waals surface area (Å²) in [5, 5.41) is 4.26. The van der Waals surface area contributed by atoms with Crippen LogP contribution in [0.1, 0.15) is 6.92 Å². The normalized spacial score (nSPS) is 9.89. The van der Waals surface area contributed by atoms with Crippen molar-refractivity contribution in [2.75, 3.05) is 13.2 Å². The molecule has 0 aliphatic rings. The highest BCUT2D eigenvalue weighted by Crippen LogP contribution is 2.29. The molecule has 18 heavy (non-hydrogen) atoms. The molecule has 2 rings (SSSR count). The van der Waals surface area contributed by atoms with E-state index in [2.05, 4.69) is 5.10 Å². The second kappa shape index (κ2) is 7.03. The minimum Gasteiger partial charge on any atom is -0.493 e. The lowest BCUT2D eigenvalue weighted by Crippen LogP contribution is -2.09. The van der Waals surface area contributed by atoms with Crippen molar-refractivity contribution in [2.24, 2.45) is 5.73 Å². The highest BCUT2D eigenvalue weighted by molar-refractivity contribution is 5.85. The Hall–Kier alpha value is -1.52. The maximum Gasteiger partial charge on any atom is 0.127 e. The van der Waals surface area contributed by atoms with Crippen LogP contribution < -0.4 is 10.5 Å². The maximum absolute atomic E-state index is 5.60. The predicted octanol–water partition coefficient (Wildman–Crippen LogP) is 2.33. The summed E-state index contributed by atoms with van der Waals surface area (Å²) in [6, 6.07) is 7.98. The summed E-state index contributed by atoms with van der Waals surface area (Å²) < 4.78 is 7.44. The Labute approximate surface area is 113 Å². The van der Waals surface area contributed by atoms with Crippen LogP contribution in [-0.2, 0) is 6.54 Å². The van der Waals surface area contributed by atoms with Gasteiger partial charge in [-0.1, -0.05) is 18.2 Å². The third-order valence-corrected chi connectivity index (χ3v) is 2.49. The third kappa shape index (κ3) is 3.24. The van der Waals surface area contributed by atoms with Crippen LogP contribution in [0.3, 0.4) is 0 Å². The van der Waals surface area contributed by atoms with Crippen LogP contribution in [0.15, 0.2) is 36.7 Å². The van der Waals surface area contributed by atoms with Crippen molar-refractivity contribution in [3.63, 3.8) is 0 Å². The first-order valence-electron chi connectivity index (χ1n) is 5.80. The lowest BCUT2D eigenvalue weighted by Gasteiger charge is -2.07. The van der Waals surface area contributed by atoms with Crippen molar-refractivity contribution in [2.45, 2.75) is 13.5 Å². The summed E-state index contributed by atoms with van der Waals surface area (Å²) in [4.78, 5) is 0. The van der Waals surface area contributed by atoms with Crippen molar-refractivity contribution in [1.82, 2.24) is 9.78 Å². The highest BCUT2D eigenvalue weighted by Gasteiger charge is 2.07. The van der Waals surface area contributed by atoms with Crippen LogP contribution in [0.2, 0.25) is 0 Å². The number of nitrogens with two attached hydrogens (primary N) is 1. The highest BCUT2D eigenvalue weighted by atomic mass is 35.5. The van der Waals surface area contributed by atoms with E-state index in [0.29, 0.717) is 13.2 Å². The predicted molar refractivity (Wildman–Crippen MR) is 75.1 cm³/mol. The molecule has 1 heterocycles. The third-order valence-electron chi connectivity index (χ3n) is 2.49. The van der Waals surface area contributed by atoms with Gasteiger partial charge < -0.3 is 10.5 Å². The van der Waals surface area contributed by atoms with E-state index in [1.807, 2.05) is 48.3 Å². The van der Waals surface area contributed by atoms with Gasteiger partial charge in [0, 0.05) is 23.9 Å². The SMILES string of the molecule is CCOc1ccccc1-c1cnn(CCN)c1.Cl. The van der Waals surface area contributed by atoms with Crippen LogP contribution >= 0.6 is 12.4 Å². The molecule has 0 aliphatic heterocycles. The van der Waals surface area contributed by atoms with Gasteiger partial charge in [-0.15, -0.1) is 12.4 Å². The van der Waals surface area contributed by atoms with E-state index in [1.165, 1.54) is 0 Å². The Morgan fingerprint density at radius 3 is 2.83 bits per heavy atom. The topological polar surface area (TPSA) is 53.1 Å². The number of rotatable bonds is 5. The number of halogens is 1. The summed E-state index contributed by atoms with van der Waals surface area (Å²) in [6.07, 6.45) is 3.83. The van der Waals surface area contributed by atoms with Gasteiger partial charge in [-0.25, -0.2) is 0 Å². The summed E-state index contributed by atoms with van der Waals surface area (Å²) in [6.45, 7) is 3.97. The lowest BCUT2D eigenvalue weighted by atomic mass is 10.1. The van der Waals surface area contributed by atoms with E-state index in [0.717, 1.165) is 23.4 Å². The standard InChI is InChI=1S/C13H17N3O.ClH/c1-2-17-13-6-4-3-5-12(13)11-9-15-16(10-11)8-7-14;/h3-6,9-10H,2,7-8,14H2,1H3;1H. The Balaban J connectivity index is 0.00000162. The van der Waals surface area contributed by atoms with Gasteiger partial charge in [0.05, 0.1) is 19.3 Å². The van der Waals surface area contributed by atoms with Gasteiger partial charge in [0.2, 0.25) is 0 Å².